The molecule has 0 amide bonds. The van der Waals surface area contributed by atoms with Gasteiger partial charge in [-0.05, 0) is 21.4 Å². The third kappa shape index (κ3) is 45.1. The molecule has 2 aromatic rings. The molecule has 2 rings (SSSR count). The van der Waals surface area contributed by atoms with Crippen molar-refractivity contribution in [1.82, 2.24) is 0 Å². The van der Waals surface area contributed by atoms with Gasteiger partial charge in [-0.2, -0.15) is 0 Å². The van der Waals surface area contributed by atoms with Crippen LogP contribution >= 0.6 is 0 Å². The van der Waals surface area contributed by atoms with Gasteiger partial charge in [-0.25, -0.2) is 0 Å². The first-order valence-corrected chi connectivity index (χ1v) is 10.4. The summed E-state index contributed by atoms with van der Waals surface area (Å²) in [5.74, 6) is 0. The molecule has 0 saturated heterocycles. The zero-order valence-corrected chi connectivity index (χ0v) is 30.4. The number of rotatable bonds is 2. The molecule has 0 aliphatic rings. The molecule has 32 heavy (non-hydrogen) atoms. The SMILES string of the molecule is CC.CC.CO.CO.CO.O=[S-](=O)c1ccccc1.O=[S-](=O)c1ccccc1.[CH3-].[Y].[Y].[Y]. The van der Waals surface area contributed by atoms with E-state index in [2.05, 4.69) is 0 Å². The predicted molar refractivity (Wildman–Crippen MR) is 120 cm³/mol. The van der Waals surface area contributed by atoms with Crippen LogP contribution in [0.25, 0.3) is 0 Å². The fraction of sp³-hybridized carbons (Fsp3) is 0.350. The summed E-state index contributed by atoms with van der Waals surface area (Å²) in [6, 6.07) is 16.5. The molecule has 0 aliphatic heterocycles. The fourth-order valence-corrected chi connectivity index (χ4v) is 1.82. The molecular formula is C20H37O7S2Y3-3. The minimum absolute atomic E-state index is 0. The molecular weight excluding hydrogens is 683 g/mol. The van der Waals surface area contributed by atoms with Crippen LogP contribution in [0.15, 0.2) is 70.5 Å². The molecule has 0 aromatic heterocycles. The maximum absolute atomic E-state index is 10.2. The molecule has 0 saturated carbocycles. The van der Waals surface area contributed by atoms with Gasteiger partial charge < -0.3 is 39.6 Å². The van der Waals surface area contributed by atoms with Gasteiger partial charge in [0.2, 0.25) is 0 Å². The Morgan fingerprint density at radius 3 is 0.719 bits per heavy atom. The molecule has 12 heteroatoms. The van der Waals surface area contributed by atoms with Crippen molar-refractivity contribution in [3.8, 4) is 0 Å². The number of aliphatic hydroxyl groups excluding tert-OH is 3. The van der Waals surface area contributed by atoms with E-state index in [-0.39, 0.29) is 106 Å². The smallest absolute Gasteiger partial charge is 0.0319 e. The quantitative estimate of drug-likeness (QED) is 0.316. The van der Waals surface area contributed by atoms with Crippen molar-refractivity contribution in [2.45, 2.75) is 37.5 Å². The molecule has 0 bridgehead atoms. The average Bonchev–Trinajstić information content (AvgIpc) is 2.82. The first-order chi connectivity index (χ1) is 13.6. The summed E-state index contributed by atoms with van der Waals surface area (Å²) in [5, 5.41) is 21.0. The summed E-state index contributed by atoms with van der Waals surface area (Å²) in [5.41, 5.74) is 0. The zero-order chi connectivity index (χ0) is 23.4. The maximum atomic E-state index is 10.2. The van der Waals surface area contributed by atoms with E-state index in [1.807, 2.05) is 27.7 Å². The summed E-state index contributed by atoms with van der Waals surface area (Å²) < 4.78 is 40.8. The van der Waals surface area contributed by atoms with E-state index >= 15 is 0 Å². The van der Waals surface area contributed by atoms with Crippen LogP contribution < -0.4 is 0 Å². The summed E-state index contributed by atoms with van der Waals surface area (Å²) in [4.78, 5) is 0.662. The van der Waals surface area contributed by atoms with Crippen LogP contribution in [-0.2, 0) is 136 Å². The second-order valence-corrected chi connectivity index (χ2v) is 4.98. The minimum Gasteiger partial charge on any atom is -0.420 e. The predicted octanol–water partition coefficient (Wildman–Crippen LogP) is 4.03. The first kappa shape index (κ1) is 59.0. The Balaban J connectivity index is -0.0000000312. The molecule has 3 radical (unpaired) electrons. The van der Waals surface area contributed by atoms with E-state index in [4.69, 9.17) is 15.3 Å². The van der Waals surface area contributed by atoms with Gasteiger partial charge in [0, 0.05) is 119 Å². The van der Waals surface area contributed by atoms with E-state index < -0.39 is 21.4 Å². The molecule has 183 valence electrons. The van der Waals surface area contributed by atoms with Crippen LogP contribution in [0.1, 0.15) is 27.7 Å². The van der Waals surface area contributed by atoms with Crippen LogP contribution in [0.4, 0.5) is 0 Å². The minimum atomic E-state index is -2.08. The Hall–Kier alpha value is 1.53. The van der Waals surface area contributed by atoms with E-state index in [0.717, 1.165) is 21.3 Å². The Morgan fingerprint density at radius 1 is 0.469 bits per heavy atom. The monoisotopic (exact) mass is 720 g/mol. The van der Waals surface area contributed by atoms with Crippen molar-refractivity contribution in [2.24, 2.45) is 0 Å². The first-order valence-electron chi connectivity index (χ1n) is 8.24. The van der Waals surface area contributed by atoms with Crippen LogP contribution in [0, 0.1) is 7.43 Å². The molecule has 0 fully saturated rings. The van der Waals surface area contributed by atoms with Crippen molar-refractivity contribution >= 4 is 21.4 Å². The second-order valence-electron chi connectivity index (χ2n) is 3.10. The number of benzene rings is 2. The molecule has 3 N–H and O–H groups in total. The Labute approximate surface area is 274 Å². The summed E-state index contributed by atoms with van der Waals surface area (Å²) >= 11 is 0. The molecule has 0 spiro atoms. The van der Waals surface area contributed by atoms with Crippen LogP contribution in [0.3, 0.4) is 0 Å². The summed E-state index contributed by atoms with van der Waals surface area (Å²) in [6.07, 6.45) is 0. The molecule has 0 atom stereocenters. The Kier molecular flexibility index (Phi) is 108. The molecule has 2 aromatic carbocycles. The van der Waals surface area contributed by atoms with Gasteiger partial charge in [-0.15, -0.1) is 0 Å². The number of hydrogen-bond donors (Lipinski definition) is 3. The zero-order valence-electron chi connectivity index (χ0n) is 20.3. The van der Waals surface area contributed by atoms with Crippen LogP contribution in [0.5, 0.6) is 0 Å². The van der Waals surface area contributed by atoms with E-state index in [0.29, 0.717) is 9.79 Å². The van der Waals surface area contributed by atoms with Crippen LogP contribution in [0.2, 0.25) is 0 Å². The normalized spacial score (nSPS) is 6.50. The molecule has 0 aliphatic carbocycles. The Morgan fingerprint density at radius 2 is 0.625 bits per heavy atom. The average molecular weight is 720 g/mol. The standard InChI is InChI=1S/2C6H5O2S.2C2H6.3CH4O.CH3.3Y/c2*7-9(8)6-4-2-1-3-5-6;5*1-2;;;;/h2*1-5H;2*1-2H3;3*2H,1H3;1H3;;;/q2*-1;;;;;;-1;;;. The molecule has 0 heterocycles. The molecule has 0 unspecified atom stereocenters. The van der Waals surface area contributed by atoms with Gasteiger partial charge in [0.25, 0.3) is 0 Å². The van der Waals surface area contributed by atoms with Crippen molar-refractivity contribution < 1.29 is 130 Å². The van der Waals surface area contributed by atoms with Gasteiger partial charge >= 0.3 is 0 Å². The largest absolute Gasteiger partial charge is 0.420 e. The molecule has 7 nitrogen and oxygen atoms in total. The van der Waals surface area contributed by atoms with Gasteiger partial charge in [0.05, 0.1) is 0 Å². The fourth-order valence-electron chi connectivity index (χ4n) is 1.06. The third-order valence-electron chi connectivity index (χ3n) is 1.87. The van der Waals surface area contributed by atoms with E-state index in [1.54, 1.807) is 60.7 Å². The summed E-state index contributed by atoms with van der Waals surface area (Å²) in [6.45, 7) is 8.00. The van der Waals surface area contributed by atoms with Gasteiger partial charge in [0.1, 0.15) is 0 Å². The third-order valence-corrected chi connectivity index (χ3v) is 3.19. The number of aliphatic hydroxyl groups is 3. The van der Waals surface area contributed by atoms with Crippen molar-refractivity contribution in [3.63, 3.8) is 0 Å². The summed E-state index contributed by atoms with van der Waals surface area (Å²) in [7, 11) is -1.16. The van der Waals surface area contributed by atoms with Crippen molar-refractivity contribution in [1.29, 1.82) is 0 Å². The van der Waals surface area contributed by atoms with E-state index in [9.17, 15) is 16.8 Å². The topological polar surface area (TPSA) is 129 Å². The van der Waals surface area contributed by atoms with Crippen molar-refractivity contribution in [3.05, 3.63) is 68.1 Å². The van der Waals surface area contributed by atoms with Gasteiger partial charge in [-0.1, -0.05) is 98.1 Å². The van der Waals surface area contributed by atoms with Crippen LogP contribution in [-0.4, -0.2) is 36.6 Å². The second kappa shape index (κ2) is 58.4. The maximum Gasteiger partial charge on any atom is 0.0319 e. The number of hydrogen-bond acceptors (Lipinski definition) is 9. The Bertz CT molecular complexity index is 569. The van der Waals surface area contributed by atoms with Crippen molar-refractivity contribution in [2.75, 3.05) is 21.3 Å². The van der Waals surface area contributed by atoms with E-state index in [1.165, 1.54) is 0 Å². The van der Waals surface area contributed by atoms with Gasteiger partial charge in [0.15, 0.2) is 0 Å². The van der Waals surface area contributed by atoms with Gasteiger partial charge in [-0.3, -0.25) is 0 Å².